The van der Waals surface area contributed by atoms with Gasteiger partial charge >= 0.3 is 0 Å². The molecule has 100 valence electrons. The molecule has 1 aromatic rings. The number of likely N-dealkylation sites (N-methyl/N-ethyl adjacent to an activating group) is 1. The van der Waals surface area contributed by atoms with Crippen LogP contribution in [0.5, 0.6) is 0 Å². The molecule has 1 heterocycles. The Kier molecular flexibility index (Phi) is 6.29. The van der Waals surface area contributed by atoms with Crippen LogP contribution < -0.4 is 0 Å². The predicted octanol–water partition coefficient (Wildman–Crippen LogP) is 2.26. The van der Waals surface area contributed by atoms with Gasteiger partial charge in [-0.3, -0.25) is 4.79 Å². The lowest BCUT2D eigenvalue weighted by Gasteiger charge is -2.23. The van der Waals surface area contributed by atoms with E-state index >= 15 is 0 Å². The van der Waals surface area contributed by atoms with Gasteiger partial charge in [0.05, 0.1) is 0 Å². The van der Waals surface area contributed by atoms with Crippen molar-refractivity contribution in [1.82, 2.24) is 14.8 Å². The monoisotopic (exact) mass is 313 g/mol. The highest BCUT2D eigenvalue weighted by atomic mass is 79.9. The van der Waals surface area contributed by atoms with Crippen LogP contribution in [0, 0.1) is 0 Å². The lowest BCUT2D eigenvalue weighted by Crippen LogP contribution is -2.37. The van der Waals surface area contributed by atoms with Crippen LogP contribution in [0.3, 0.4) is 0 Å². The second-order valence-corrected chi connectivity index (χ2v) is 5.28. The van der Waals surface area contributed by atoms with Gasteiger partial charge in [-0.2, -0.15) is 0 Å². The zero-order chi connectivity index (χ0) is 13.5. The van der Waals surface area contributed by atoms with E-state index in [2.05, 4.69) is 32.7 Å². The first-order valence-electron chi connectivity index (χ1n) is 6.10. The van der Waals surface area contributed by atoms with E-state index in [1.54, 1.807) is 6.20 Å². The lowest BCUT2D eigenvalue weighted by atomic mass is 10.3. The van der Waals surface area contributed by atoms with Gasteiger partial charge in [0.25, 0.3) is 5.91 Å². The van der Waals surface area contributed by atoms with Crippen LogP contribution in [0.1, 0.15) is 23.8 Å². The molecule has 0 radical (unpaired) electrons. The Morgan fingerprint density at radius 1 is 1.33 bits per heavy atom. The molecule has 1 amide bonds. The largest absolute Gasteiger partial charge is 0.336 e. The molecule has 0 unspecified atom stereocenters. The topological polar surface area (TPSA) is 36.4 Å². The fourth-order valence-corrected chi connectivity index (χ4v) is 2.02. The fraction of sp³-hybridized carbons (Fsp3) is 0.538. The molecule has 0 N–H and O–H groups in total. The van der Waals surface area contributed by atoms with E-state index in [0.717, 1.165) is 30.5 Å². The minimum Gasteiger partial charge on any atom is -0.336 e. The predicted molar refractivity (Wildman–Crippen MR) is 76.7 cm³/mol. The summed E-state index contributed by atoms with van der Waals surface area (Å²) in [6, 6.07) is 3.65. The van der Waals surface area contributed by atoms with Crippen molar-refractivity contribution < 1.29 is 4.79 Å². The van der Waals surface area contributed by atoms with Gasteiger partial charge in [-0.05, 0) is 48.6 Å². The molecule has 0 atom stereocenters. The van der Waals surface area contributed by atoms with Crippen molar-refractivity contribution in [3.63, 3.8) is 0 Å². The molecule has 0 saturated carbocycles. The number of hydrogen-bond donors (Lipinski definition) is 0. The quantitative estimate of drug-likeness (QED) is 0.808. The van der Waals surface area contributed by atoms with Gasteiger partial charge in [0.15, 0.2) is 0 Å². The molecule has 0 bridgehead atoms. The van der Waals surface area contributed by atoms with Gasteiger partial charge in [-0.1, -0.05) is 6.92 Å². The molecule has 0 aliphatic heterocycles. The molecule has 0 aliphatic rings. The van der Waals surface area contributed by atoms with Gasteiger partial charge in [-0.25, -0.2) is 4.98 Å². The van der Waals surface area contributed by atoms with E-state index in [4.69, 9.17) is 0 Å². The molecular formula is C13H20BrN3O. The van der Waals surface area contributed by atoms with Crippen LogP contribution >= 0.6 is 15.9 Å². The third-order valence-electron chi connectivity index (χ3n) is 2.56. The Bertz CT molecular complexity index is 396. The molecular weight excluding hydrogens is 294 g/mol. The normalized spacial score (nSPS) is 10.7. The highest BCUT2D eigenvalue weighted by Gasteiger charge is 2.18. The fourth-order valence-electron chi connectivity index (χ4n) is 1.60. The average Bonchev–Trinajstić information content (AvgIpc) is 2.34. The summed E-state index contributed by atoms with van der Waals surface area (Å²) in [6.45, 7) is 4.41. The van der Waals surface area contributed by atoms with E-state index in [-0.39, 0.29) is 5.91 Å². The number of amides is 1. The zero-order valence-electron chi connectivity index (χ0n) is 11.2. The summed E-state index contributed by atoms with van der Waals surface area (Å²) < 4.78 is 0.751. The first-order valence-corrected chi connectivity index (χ1v) is 6.90. The van der Waals surface area contributed by atoms with Crippen molar-refractivity contribution >= 4 is 21.8 Å². The Morgan fingerprint density at radius 3 is 2.61 bits per heavy atom. The number of rotatable bonds is 6. The maximum atomic E-state index is 12.4. The Morgan fingerprint density at radius 2 is 2.06 bits per heavy atom. The minimum absolute atomic E-state index is 0.00817. The lowest BCUT2D eigenvalue weighted by molar-refractivity contribution is 0.0738. The summed E-state index contributed by atoms with van der Waals surface area (Å²) in [5, 5.41) is 0. The summed E-state index contributed by atoms with van der Waals surface area (Å²) >= 11 is 3.38. The van der Waals surface area contributed by atoms with Crippen LogP contribution in [0.25, 0.3) is 0 Å². The van der Waals surface area contributed by atoms with Gasteiger partial charge in [0.1, 0.15) is 5.69 Å². The van der Waals surface area contributed by atoms with E-state index in [9.17, 15) is 4.79 Å². The van der Waals surface area contributed by atoms with Crippen molar-refractivity contribution in [2.45, 2.75) is 13.3 Å². The van der Waals surface area contributed by atoms with Gasteiger partial charge in [0.2, 0.25) is 0 Å². The number of carbonyl (C=O) groups is 1. The minimum atomic E-state index is -0.00817. The Labute approximate surface area is 117 Å². The van der Waals surface area contributed by atoms with Crippen molar-refractivity contribution in [1.29, 1.82) is 0 Å². The van der Waals surface area contributed by atoms with Crippen LogP contribution in [-0.4, -0.2) is 54.4 Å². The molecule has 1 aromatic heterocycles. The van der Waals surface area contributed by atoms with Gasteiger partial charge in [-0.15, -0.1) is 0 Å². The highest BCUT2D eigenvalue weighted by Crippen LogP contribution is 2.15. The van der Waals surface area contributed by atoms with Crippen molar-refractivity contribution in [3.8, 4) is 0 Å². The smallest absolute Gasteiger partial charge is 0.273 e. The summed E-state index contributed by atoms with van der Waals surface area (Å²) in [5.41, 5.74) is 0.490. The van der Waals surface area contributed by atoms with Crippen molar-refractivity contribution in [3.05, 3.63) is 28.5 Å². The molecule has 4 nitrogen and oxygen atoms in total. The summed E-state index contributed by atoms with van der Waals surface area (Å²) in [5.74, 6) is -0.00817. The number of nitrogens with zero attached hydrogens (tertiary/aromatic N) is 3. The summed E-state index contributed by atoms with van der Waals surface area (Å²) in [4.78, 5) is 20.5. The third kappa shape index (κ3) is 4.38. The number of hydrogen-bond acceptors (Lipinski definition) is 3. The maximum absolute atomic E-state index is 12.4. The van der Waals surface area contributed by atoms with Crippen LogP contribution in [0.15, 0.2) is 22.8 Å². The van der Waals surface area contributed by atoms with E-state index in [1.165, 1.54) is 0 Å². The number of pyridine rings is 1. The van der Waals surface area contributed by atoms with Gasteiger partial charge in [0, 0.05) is 30.3 Å². The van der Waals surface area contributed by atoms with Crippen LogP contribution in [0.4, 0.5) is 0 Å². The zero-order valence-corrected chi connectivity index (χ0v) is 12.8. The highest BCUT2D eigenvalue weighted by molar-refractivity contribution is 9.10. The first kappa shape index (κ1) is 15.1. The molecule has 5 heteroatoms. The SMILES string of the molecule is CCCN(CCN(C)C)C(=O)c1ncccc1Br. The number of aromatic nitrogens is 1. The van der Waals surface area contributed by atoms with E-state index in [1.807, 2.05) is 31.1 Å². The molecule has 0 fully saturated rings. The van der Waals surface area contributed by atoms with E-state index < -0.39 is 0 Å². The molecule has 0 aromatic carbocycles. The number of carbonyl (C=O) groups excluding carboxylic acids is 1. The Hall–Kier alpha value is -0.940. The van der Waals surface area contributed by atoms with Crippen molar-refractivity contribution in [2.75, 3.05) is 33.7 Å². The number of halogens is 1. The molecule has 0 spiro atoms. The van der Waals surface area contributed by atoms with Gasteiger partial charge < -0.3 is 9.80 Å². The van der Waals surface area contributed by atoms with Crippen LogP contribution in [0.2, 0.25) is 0 Å². The first-order chi connectivity index (χ1) is 8.56. The Balaban J connectivity index is 2.79. The van der Waals surface area contributed by atoms with Crippen LogP contribution in [-0.2, 0) is 0 Å². The summed E-state index contributed by atoms with van der Waals surface area (Å²) in [7, 11) is 4.01. The second kappa shape index (κ2) is 7.48. The average molecular weight is 314 g/mol. The third-order valence-corrected chi connectivity index (χ3v) is 3.20. The summed E-state index contributed by atoms with van der Waals surface area (Å²) in [6.07, 6.45) is 2.59. The molecule has 18 heavy (non-hydrogen) atoms. The van der Waals surface area contributed by atoms with E-state index in [0.29, 0.717) is 5.69 Å². The molecule has 0 aliphatic carbocycles. The molecule has 0 saturated heterocycles. The van der Waals surface area contributed by atoms with Crippen molar-refractivity contribution in [2.24, 2.45) is 0 Å². The standard InChI is InChI=1S/C13H20BrN3O/c1-4-8-17(10-9-16(2)3)13(18)12-11(14)6-5-7-15-12/h5-7H,4,8-10H2,1-3H3. The maximum Gasteiger partial charge on any atom is 0.273 e. The molecule has 1 rings (SSSR count). The second-order valence-electron chi connectivity index (χ2n) is 4.43.